The van der Waals surface area contributed by atoms with E-state index >= 15 is 4.39 Å². The lowest BCUT2D eigenvalue weighted by Crippen LogP contribution is -2.29. The van der Waals surface area contributed by atoms with Crippen LogP contribution in [0.15, 0.2) is 54.6 Å². The molecule has 1 saturated heterocycles. The zero-order chi connectivity index (χ0) is 25.9. The van der Waals surface area contributed by atoms with Gasteiger partial charge in [-0.1, -0.05) is 44.2 Å². The molecule has 6 rings (SSSR count). The Morgan fingerprint density at radius 1 is 0.946 bits per heavy atom. The van der Waals surface area contributed by atoms with Crippen molar-refractivity contribution in [2.24, 2.45) is 0 Å². The monoisotopic (exact) mass is 517 g/mol. The summed E-state index contributed by atoms with van der Waals surface area (Å²) in [5.41, 5.74) is 7.49. The normalized spacial score (nSPS) is 16.9. The highest BCUT2D eigenvalue weighted by molar-refractivity contribution is 7.92. The molecule has 4 aromatic rings. The summed E-state index contributed by atoms with van der Waals surface area (Å²) in [6.45, 7) is 6.45. The number of nitrogens with one attached hydrogen (secondary N) is 2. The minimum atomic E-state index is -3.38. The summed E-state index contributed by atoms with van der Waals surface area (Å²) in [6, 6.07) is 17.8. The van der Waals surface area contributed by atoms with Gasteiger partial charge in [0.1, 0.15) is 0 Å². The van der Waals surface area contributed by atoms with Crippen LogP contribution in [-0.4, -0.2) is 32.7 Å². The molecule has 1 aliphatic carbocycles. The third-order valence-corrected chi connectivity index (χ3v) is 8.46. The van der Waals surface area contributed by atoms with Crippen LogP contribution in [0.5, 0.6) is 0 Å². The van der Waals surface area contributed by atoms with Gasteiger partial charge in [-0.15, -0.1) is 0 Å². The first-order valence-electron chi connectivity index (χ1n) is 12.9. The van der Waals surface area contributed by atoms with Crippen LogP contribution in [-0.2, 0) is 21.9 Å². The molecule has 1 aromatic heterocycles. The molecule has 0 spiro atoms. The number of hydrogen-bond acceptors (Lipinski definition) is 3. The van der Waals surface area contributed by atoms with Gasteiger partial charge >= 0.3 is 0 Å². The zero-order valence-electron chi connectivity index (χ0n) is 21.5. The second kappa shape index (κ2) is 8.62. The number of sulfonamides is 1. The highest BCUT2D eigenvalue weighted by Crippen LogP contribution is 2.47. The first kappa shape index (κ1) is 24.0. The van der Waals surface area contributed by atoms with Gasteiger partial charge in [0.25, 0.3) is 0 Å². The summed E-state index contributed by atoms with van der Waals surface area (Å²) in [5.74, 6) is -0.243. The number of hydrogen-bond donors (Lipinski definition) is 2. The van der Waals surface area contributed by atoms with Crippen LogP contribution < -0.4 is 9.62 Å². The first-order valence-corrected chi connectivity index (χ1v) is 14.8. The molecule has 1 aliphatic heterocycles. The number of aromatic nitrogens is 1. The summed E-state index contributed by atoms with van der Waals surface area (Å²) in [5, 5.41) is 0.901. The molecule has 7 heteroatoms. The van der Waals surface area contributed by atoms with Crippen molar-refractivity contribution in [1.29, 1.82) is 0 Å². The van der Waals surface area contributed by atoms with E-state index in [1.54, 1.807) is 6.07 Å². The largest absolute Gasteiger partial charge is 0.372 e. The maximum atomic E-state index is 16.0. The van der Waals surface area contributed by atoms with E-state index in [0.717, 1.165) is 59.1 Å². The van der Waals surface area contributed by atoms with Crippen molar-refractivity contribution in [2.45, 2.75) is 44.9 Å². The molecule has 37 heavy (non-hydrogen) atoms. The van der Waals surface area contributed by atoms with Gasteiger partial charge in [0.15, 0.2) is 5.82 Å². The van der Waals surface area contributed by atoms with Gasteiger partial charge in [0.05, 0.1) is 17.5 Å². The lowest BCUT2D eigenvalue weighted by atomic mass is 9.71. The Morgan fingerprint density at radius 2 is 1.65 bits per heavy atom. The minimum Gasteiger partial charge on any atom is -0.372 e. The van der Waals surface area contributed by atoms with Gasteiger partial charge < -0.3 is 9.88 Å². The molecule has 0 bridgehead atoms. The van der Waals surface area contributed by atoms with Crippen molar-refractivity contribution in [3.8, 4) is 22.4 Å². The standard InChI is InChI=1S/C30H32FN3O2S/c1-30(2)18-25-23-14-13-22(19-7-10-21(11-8-19)34-15-5-4-6-16-34)27(31)29(23)32-28(25)24-12-9-20(17-26(24)30)33-37(3,35)36/h7-14,17,32-33H,4-6,15-16,18H2,1-3H3. The fourth-order valence-electron chi connectivity index (χ4n) is 6.06. The molecule has 0 saturated carbocycles. The molecule has 2 N–H and O–H groups in total. The molecule has 0 unspecified atom stereocenters. The predicted molar refractivity (Wildman–Crippen MR) is 150 cm³/mol. The average molecular weight is 518 g/mol. The van der Waals surface area contributed by atoms with Crippen LogP contribution >= 0.6 is 0 Å². The number of nitrogens with zero attached hydrogens (tertiary/aromatic N) is 1. The molecule has 2 heterocycles. The maximum absolute atomic E-state index is 16.0. The lowest BCUT2D eigenvalue weighted by Gasteiger charge is -2.33. The van der Waals surface area contributed by atoms with Gasteiger partial charge in [-0.3, -0.25) is 4.72 Å². The predicted octanol–water partition coefficient (Wildman–Crippen LogP) is 6.84. The average Bonchev–Trinajstić information content (AvgIpc) is 3.23. The number of rotatable bonds is 4. The Hall–Kier alpha value is -3.32. The summed E-state index contributed by atoms with van der Waals surface area (Å²) in [6.07, 6.45) is 5.61. The molecule has 2 aliphatic rings. The van der Waals surface area contributed by atoms with E-state index in [1.165, 1.54) is 24.9 Å². The van der Waals surface area contributed by atoms with Gasteiger partial charge in [-0.05, 0) is 72.1 Å². The van der Waals surface area contributed by atoms with Crippen molar-refractivity contribution in [1.82, 2.24) is 4.98 Å². The van der Waals surface area contributed by atoms with Crippen molar-refractivity contribution in [3.63, 3.8) is 0 Å². The number of H-pyrrole nitrogens is 1. The van der Waals surface area contributed by atoms with Gasteiger partial charge in [-0.25, -0.2) is 12.8 Å². The van der Waals surface area contributed by atoms with E-state index in [0.29, 0.717) is 16.8 Å². The number of benzene rings is 3. The molecule has 0 radical (unpaired) electrons. The smallest absolute Gasteiger partial charge is 0.229 e. The molecule has 5 nitrogen and oxygen atoms in total. The third-order valence-electron chi connectivity index (χ3n) is 7.86. The van der Waals surface area contributed by atoms with Crippen molar-refractivity contribution in [2.75, 3.05) is 29.0 Å². The Labute approximate surface area is 217 Å². The summed E-state index contributed by atoms with van der Waals surface area (Å²) < 4.78 is 42.1. The fourth-order valence-corrected chi connectivity index (χ4v) is 6.62. The number of halogens is 1. The van der Waals surface area contributed by atoms with E-state index < -0.39 is 10.0 Å². The molecule has 0 amide bonds. The zero-order valence-corrected chi connectivity index (χ0v) is 22.3. The van der Waals surface area contributed by atoms with Crippen LogP contribution in [0.1, 0.15) is 44.2 Å². The molecule has 0 atom stereocenters. The Bertz CT molecular complexity index is 1620. The van der Waals surface area contributed by atoms with Crippen LogP contribution in [0, 0.1) is 5.82 Å². The van der Waals surface area contributed by atoms with Gasteiger partial charge in [-0.2, -0.15) is 0 Å². The minimum absolute atomic E-state index is 0.243. The lowest BCUT2D eigenvalue weighted by molar-refractivity contribution is 0.519. The summed E-state index contributed by atoms with van der Waals surface area (Å²) in [4.78, 5) is 5.80. The quantitative estimate of drug-likeness (QED) is 0.312. The molecule has 192 valence electrons. The topological polar surface area (TPSA) is 65.2 Å². The SMILES string of the molecule is CC1(C)Cc2c([nH]c3c(F)c(-c4ccc(N5CCCCC5)cc4)ccc23)-c2ccc(NS(C)(=O)=O)cc21. The molecule has 1 fully saturated rings. The van der Waals surface area contributed by atoms with Gasteiger partial charge in [0.2, 0.25) is 10.0 Å². The van der Waals surface area contributed by atoms with E-state index in [4.69, 9.17) is 0 Å². The van der Waals surface area contributed by atoms with E-state index in [-0.39, 0.29) is 11.2 Å². The first-order chi connectivity index (χ1) is 17.6. The Balaban J connectivity index is 1.41. The third kappa shape index (κ3) is 4.29. The second-order valence-electron chi connectivity index (χ2n) is 11.1. The van der Waals surface area contributed by atoms with Crippen molar-refractivity contribution < 1.29 is 12.8 Å². The number of anilines is 2. The maximum Gasteiger partial charge on any atom is 0.229 e. The van der Waals surface area contributed by atoms with E-state index in [2.05, 4.69) is 40.6 Å². The second-order valence-corrected chi connectivity index (χ2v) is 12.9. The number of fused-ring (bicyclic) bond motifs is 5. The van der Waals surface area contributed by atoms with Crippen molar-refractivity contribution >= 4 is 32.3 Å². The van der Waals surface area contributed by atoms with E-state index in [1.807, 2.05) is 36.4 Å². The number of piperidine rings is 1. The van der Waals surface area contributed by atoms with Crippen LogP contribution in [0.4, 0.5) is 15.8 Å². The molecular weight excluding hydrogens is 485 g/mol. The van der Waals surface area contributed by atoms with Crippen LogP contribution in [0.25, 0.3) is 33.3 Å². The van der Waals surface area contributed by atoms with Gasteiger partial charge in [0, 0.05) is 41.0 Å². The van der Waals surface area contributed by atoms with Crippen LogP contribution in [0.2, 0.25) is 0 Å². The van der Waals surface area contributed by atoms with E-state index in [9.17, 15) is 8.42 Å². The summed E-state index contributed by atoms with van der Waals surface area (Å²) in [7, 11) is -3.38. The molecular formula is C30H32FN3O2S. The summed E-state index contributed by atoms with van der Waals surface area (Å²) >= 11 is 0. The highest BCUT2D eigenvalue weighted by Gasteiger charge is 2.34. The fraction of sp³-hybridized carbons (Fsp3) is 0.333. The highest BCUT2D eigenvalue weighted by atomic mass is 32.2. The Morgan fingerprint density at radius 3 is 2.35 bits per heavy atom. The number of aromatic amines is 1. The van der Waals surface area contributed by atoms with Crippen molar-refractivity contribution in [3.05, 3.63) is 71.5 Å². The van der Waals surface area contributed by atoms with Crippen LogP contribution in [0.3, 0.4) is 0 Å². The Kier molecular flexibility index (Phi) is 5.60. The molecule has 3 aromatic carbocycles.